The van der Waals surface area contributed by atoms with Crippen molar-refractivity contribution in [2.75, 3.05) is 6.54 Å². The molecule has 0 spiro atoms. The number of unbranched alkanes of at least 4 members (excludes halogenated alkanes) is 1. The minimum Gasteiger partial charge on any atom is -0.348 e. The lowest BCUT2D eigenvalue weighted by molar-refractivity contribution is 0.0933. The molecule has 3 N–H and O–H groups in total. The zero-order valence-corrected chi connectivity index (χ0v) is 13.2. The van der Waals surface area contributed by atoms with Crippen LogP contribution in [0.2, 0.25) is 0 Å². The van der Waals surface area contributed by atoms with Crippen LogP contribution in [-0.2, 0) is 0 Å². The molecule has 1 atom stereocenters. The van der Waals surface area contributed by atoms with E-state index >= 15 is 0 Å². The molecule has 1 heterocycles. The monoisotopic (exact) mass is 300 g/mol. The lowest BCUT2D eigenvalue weighted by Gasteiger charge is -2.18. The predicted molar refractivity (Wildman–Crippen MR) is 83.2 cm³/mol. The molecule has 20 heavy (non-hydrogen) atoms. The number of nitrogens with zero attached hydrogens (tertiary/aromatic N) is 2. The number of aromatic nitrogens is 2. The fourth-order valence-electron chi connectivity index (χ4n) is 1.94. The van der Waals surface area contributed by atoms with Crippen molar-refractivity contribution in [2.24, 2.45) is 5.73 Å². The van der Waals surface area contributed by atoms with Gasteiger partial charge < -0.3 is 11.1 Å². The number of halogens is 1. The number of carbonyl (C=O) groups is 1. The zero-order chi connectivity index (χ0) is 14.3. The summed E-state index contributed by atoms with van der Waals surface area (Å²) in [6.45, 7) is 6.60. The second-order valence-electron chi connectivity index (χ2n) is 5.02. The van der Waals surface area contributed by atoms with Gasteiger partial charge in [0.25, 0.3) is 5.91 Å². The molecule has 0 fully saturated rings. The Hall–Kier alpha value is -1.20. The Kier molecular flexibility index (Phi) is 9.08. The molecule has 0 aliphatic heterocycles. The lowest BCUT2D eigenvalue weighted by atomic mass is 10.0. The van der Waals surface area contributed by atoms with Gasteiger partial charge in [-0.25, -0.2) is 9.97 Å². The highest BCUT2D eigenvalue weighted by molar-refractivity contribution is 5.95. The Balaban J connectivity index is 0.00000361. The second kappa shape index (κ2) is 9.66. The average molecular weight is 301 g/mol. The van der Waals surface area contributed by atoms with E-state index in [1.165, 1.54) is 6.33 Å². The molecule has 1 aromatic rings. The molecule has 1 rings (SSSR count). The summed E-state index contributed by atoms with van der Waals surface area (Å²) in [7, 11) is 0. The molecule has 0 saturated heterocycles. The fraction of sp³-hybridized carbons (Fsp3) is 0.643. The minimum absolute atomic E-state index is 0. The molecule has 0 aromatic carbocycles. The summed E-state index contributed by atoms with van der Waals surface area (Å²) in [6.07, 6.45) is 6.11. The van der Waals surface area contributed by atoms with Gasteiger partial charge in [-0.15, -0.1) is 12.4 Å². The largest absolute Gasteiger partial charge is 0.348 e. The van der Waals surface area contributed by atoms with E-state index in [1.807, 2.05) is 13.8 Å². The molecule has 0 aliphatic carbocycles. The van der Waals surface area contributed by atoms with Crippen molar-refractivity contribution in [3.8, 4) is 0 Å². The van der Waals surface area contributed by atoms with Gasteiger partial charge in [0.15, 0.2) is 0 Å². The number of hydrogen-bond acceptors (Lipinski definition) is 4. The molecule has 0 bridgehead atoms. The van der Waals surface area contributed by atoms with Crippen molar-refractivity contribution in [1.82, 2.24) is 15.3 Å². The van der Waals surface area contributed by atoms with Gasteiger partial charge >= 0.3 is 0 Å². The van der Waals surface area contributed by atoms with Gasteiger partial charge in [-0.3, -0.25) is 4.79 Å². The number of hydrogen-bond donors (Lipinski definition) is 2. The Bertz CT molecular complexity index is 412. The molecular formula is C14H25ClN4O. The first-order valence-electron chi connectivity index (χ1n) is 6.90. The van der Waals surface area contributed by atoms with Crippen LogP contribution in [0.25, 0.3) is 0 Å². The minimum atomic E-state index is -0.129. The Morgan fingerprint density at radius 1 is 1.45 bits per heavy atom. The molecule has 114 valence electrons. The van der Waals surface area contributed by atoms with E-state index in [2.05, 4.69) is 22.2 Å². The van der Waals surface area contributed by atoms with Crippen molar-refractivity contribution >= 4 is 18.3 Å². The van der Waals surface area contributed by atoms with Crippen LogP contribution in [0, 0.1) is 0 Å². The summed E-state index contributed by atoms with van der Waals surface area (Å²) >= 11 is 0. The first-order chi connectivity index (χ1) is 9.10. The third-order valence-electron chi connectivity index (χ3n) is 3.06. The van der Waals surface area contributed by atoms with Crippen LogP contribution >= 0.6 is 12.4 Å². The third-order valence-corrected chi connectivity index (χ3v) is 3.06. The number of nitrogens with one attached hydrogen (secondary N) is 1. The summed E-state index contributed by atoms with van der Waals surface area (Å²) in [4.78, 5) is 20.4. The number of rotatable bonds is 7. The van der Waals surface area contributed by atoms with Crippen LogP contribution < -0.4 is 11.1 Å². The van der Waals surface area contributed by atoms with Crippen LogP contribution in [-0.4, -0.2) is 28.5 Å². The maximum Gasteiger partial charge on any atom is 0.254 e. The predicted octanol–water partition coefficient (Wildman–Crippen LogP) is 2.27. The number of nitrogens with two attached hydrogens (primary N) is 1. The van der Waals surface area contributed by atoms with Crippen LogP contribution in [0.1, 0.15) is 62.0 Å². The molecule has 1 aromatic heterocycles. The molecular weight excluding hydrogens is 276 g/mol. The topological polar surface area (TPSA) is 80.9 Å². The van der Waals surface area contributed by atoms with Crippen molar-refractivity contribution in [2.45, 2.75) is 52.0 Å². The van der Waals surface area contributed by atoms with Crippen molar-refractivity contribution in [3.63, 3.8) is 0 Å². The molecule has 0 radical (unpaired) electrons. The van der Waals surface area contributed by atoms with Gasteiger partial charge in [0, 0.05) is 18.8 Å². The number of carbonyl (C=O) groups excluding carboxylic acids is 1. The van der Waals surface area contributed by atoms with Crippen LogP contribution in [0.4, 0.5) is 0 Å². The average Bonchev–Trinajstić information content (AvgIpc) is 2.43. The van der Waals surface area contributed by atoms with Gasteiger partial charge in [-0.05, 0) is 12.3 Å². The highest BCUT2D eigenvalue weighted by Crippen LogP contribution is 2.15. The van der Waals surface area contributed by atoms with E-state index in [1.54, 1.807) is 6.20 Å². The van der Waals surface area contributed by atoms with E-state index < -0.39 is 0 Å². The van der Waals surface area contributed by atoms with Crippen molar-refractivity contribution in [3.05, 3.63) is 23.8 Å². The Morgan fingerprint density at radius 3 is 2.70 bits per heavy atom. The van der Waals surface area contributed by atoms with E-state index in [9.17, 15) is 4.79 Å². The van der Waals surface area contributed by atoms with Crippen LogP contribution in [0.3, 0.4) is 0 Å². The third kappa shape index (κ3) is 5.43. The Labute approximate surface area is 127 Å². The standard InChI is InChI=1S/C14H24N4O.ClH/c1-4-5-6-11(7-15)18-14(19)12-8-16-9-17-13(12)10(2)3;/h8-11H,4-7,15H2,1-3H3,(H,18,19);1H. The van der Waals surface area contributed by atoms with Gasteiger partial charge in [-0.1, -0.05) is 33.6 Å². The second-order valence-corrected chi connectivity index (χ2v) is 5.02. The molecule has 0 aliphatic rings. The first-order valence-corrected chi connectivity index (χ1v) is 6.90. The van der Waals surface area contributed by atoms with Crippen LogP contribution in [0.5, 0.6) is 0 Å². The SMILES string of the molecule is CCCCC(CN)NC(=O)c1cncnc1C(C)C.Cl. The molecule has 5 nitrogen and oxygen atoms in total. The summed E-state index contributed by atoms with van der Waals surface area (Å²) in [5.41, 5.74) is 7.02. The van der Waals surface area contributed by atoms with E-state index in [0.29, 0.717) is 12.1 Å². The van der Waals surface area contributed by atoms with E-state index in [4.69, 9.17) is 5.73 Å². The first kappa shape index (κ1) is 18.8. The molecule has 0 saturated carbocycles. The van der Waals surface area contributed by atoms with Crippen LogP contribution in [0.15, 0.2) is 12.5 Å². The highest BCUT2D eigenvalue weighted by atomic mass is 35.5. The summed E-state index contributed by atoms with van der Waals surface area (Å²) < 4.78 is 0. The van der Waals surface area contributed by atoms with Crippen molar-refractivity contribution in [1.29, 1.82) is 0 Å². The smallest absolute Gasteiger partial charge is 0.254 e. The van der Waals surface area contributed by atoms with E-state index in [0.717, 1.165) is 25.0 Å². The summed E-state index contributed by atoms with van der Waals surface area (Å²) in [6, 6.07) is 0.0210. The highest BCUT2D eigenvalue weighted by Gasteiger charge is 2.17. The lowest BCUT2D eigenvalue weighted by Crippen LogP contribution is -2.40. The van der Waals surface area contributed by atoms with Gasteiger partial charge in [0.2, 0.25) is 0 Å². The summed E-state index contributed by atoms with van der Waals surface area (Å²) in [5.74, 6) is 0.0616. The van der Waals surface area contributed by atoms with Gasteiger partial charge in [0.05, 0.1) is 11.3 Å². The maximum absolute atomic E-state index is 12.3. The zero-order valence-electron chi connectivity index (χ0n) is 12.4. The normalized spacial score (nSPS) is 11.8. The van der Waals surface area contributed by atoms with Gasteiger partial charge in [0.1, 0.15) is 6.33 Å². The quantitative estimate of drug-likeness (QED) is 0.809. The van der Waals surface area contributed by atoms with Gasteiger partial charge in [-0.2, -0.15) is 0 Å². The van der Waals surface area contributed by atoms with E-state index in [-0.39, 0.29) is 30.3 Å². The maximum atomic E-state index is 12.3. The summed E-state index contributed by atoms with van der Waals surface area (Å²) in [5, 5.41) is 2.97. The molecule has 1 amide bonds. The number of amides is 1. The Morgan fingerprint density at radius 2 is 2.15 bits per heavy atom. The fourth-order valence-corrected chi connectivity index (χ4v) is 1.94. The molecule has 6 heteroatoms. The molecule has 1 unspecified atom stereocenters. The van der Waals surface area contributed by atoms with Crippen molar-refractivity contribution < 1.29 is 4.79 Å².